The fourth-order valence-corrected chi connectivity index (χ4v) is 1.35. The van der Waals surface area contributed by atoms with Crippen LogP contribution in [0, 0.1) is 5.92 Å². The van der Waals surface area contributed by atoms with Crippen molar-refractivity contribution in [3.8, 4) is 0 Å². The summed E-state index contributed by atoms with van der Waals surface area (Å²) in [5.41, 5.74) is 0. The molecule has 0 aliphatic carbocycles. The van der Waals surface area contributed by atoms with Gasteiger partial charge in [0.2, 0.25) is 0 Å². The monoisotopic (exact) mass is 184 g/mol. The first-order valence-corrected chi connectivity index (χ1v) is 5.47. The minimum absolute atomic E-state index is 0.145. The highest BCUT2D eigenvalue weighted by Crippen LogP contribution is 2.14. The van der Waals surface area contributed by atoms with Crippen molar-refractivity contribution in [3.05, 3.63) is 12.7 Å². The van der Waals surface area contributed by atoms with Crippen LogP contribution in [0.15, 0.2) is 12.7 Å². The largest absolute Gasteiger partial charge is 0.393 e. The second-order valence-corrected chi connectivity index (χ2v) is 4.00. The summed E-state index contributed by atoms with van der Waals surface area (Å²) in [6.45, 7) is 7.69. The summed E-state index contributed by atoms with van der Waals surface area (Å²) < 4.78 is 0. The minimum atomic E-state index is -0.145. The van der Waals surface area contributed by atoms with Crippen LogP contribution in [0.2, 0.25) is 0 Å². The Kier molecular flexibility index (Phi) is 8.11. The van der Waals surface area contributed by atoms with E-state index in [9.17, 15) is 5.11 Å². The molecule has 0 saturated carbocycles. The van der Waals surface area contributed by atoms with E-state index >= 15 is 0 Å². The lowest BCUT2D eigenvalue weighted by atomic mass is 9.98. The Bertz CT molecular complexity index is 118. The number of rotatable bonds is 8. The lowest BCUT2D eigenvalue weighted by molar-refractivity contribution is 0.128. The molecule has 0 spiro atoms. The van der Waals surface area contributed by atoms with Gasteiger partial charge in [-0.15, -0.1) is 6.58 Å². The second-order valence-electron chi connectivity index (χ2n) is 4.00. The summed E-state index contributed by atoms with van der Waals surface area (Å²) in [5, 5.41) is 9.25. The minimum Gasteiger partial charge on any atom is -0.393 e. The van der Waals surface area contributed by atoms with Crippen LogP contribution in [0.3, 0.4) is 0 Å². The van der Waals surface area contributed by atoms with E-state index in [-0.39, 0.29) is 6.10 Å². The summed E-state index contributed by atoms with van der Waals surface area (Å²) in [7, 11) is 0. The lowest BCUT2D eigenvalue weighted by Crippen LogP contribution is -2.12. The summed E-state index contributed by atoms with van der Waals surface area (Å²) in [4.78, 5) is 0. The summed E-state index contributed by atoms with van der Waals surface area (Å²) >= 11 is 0. The van der Waals surface area contributed by atoms with Crippen molar-refractivity contribution in [2.24, 2.45) is 5.92 Å². The number of aliphatic hydroxyl groups excluding tert-OH is 1. The van der Waals surface area contributed by atoms with Crippen molar-refractivity contribution >= 4 is 0 Å². The Hall–Kier alpha value is -0.300. The molecule has 0 aliphatic heterocycles. The first-order chi connectivity index (χ1) is 6.18. The summed E-state index contributed by atoms with van der Waals surface area (Å²) in [6, 6.07) is 0. The van der Waals surface area contributed by atoms with Gasteiger partial charge >= 0.3 is 0 Å². The van der Waals surface area contributed by atoms with Crippen LogP contribution < -0.4 is 0 Å². The molecule has 2 atom stereocenters. The Morgan fingerprint density at radius 3 is 2.31 bits per heavy atom. The molecule has 0 aliphatic rings. The molecule has 0 aromatic heterocycles. The molecule has 0 heterocycles. The molecule has 0 radical (unpaired) electrons. The SMILES string of the molecule is C=CCCCCCCC(C)C(C)O. The molecule has 78 valence electrons. The highest BCUT2D eigenvalue weighted by Gasteiger charge is 2.07. The molecular formula is C12H24O. The van der Waals surface area contributed by atoms with Crippen LogP contribution in [0.25, 0.3) is 0 Å². The lowest BCUT2D eigenvalue weighted by Gasteiger charge is -2.13. The molecule has 1 nitrogen and oxygen atoms in total. The smallest absolute Gasteiger partial charge is 0.0537 e. The predicted molar refractivity (Wildman–Crippen MR) is 58.7 cm³/mol. The van der Waals surface area contributed by atoms with Crippen LogP contribution in [-0.4, -0.2) is 11.2 Å². The zero-order chi connectivity index (χ0) is 10.1. The van der Waals surface area contributed by atoms with E-state index in [4.69, 9.17) is 0 Å². The molecule has 1 N–H and O–H groups in total. The van der Waals surface area contributed by atoms with Crippen molar-refractivity contribution in [2.75, 3.05) is 0 Å². The van der Waals surface area contributed by atoms with Crippen LogP contribution in [-0.2, 0) is 0 Å². The third-order valence-corrected chi connectivity index (χ3v) is 2.64. The topological polar surface area (TPSA) is 20.2 Å². The van der Waals surface area contributed by atoms with Crippen LogP contribution >= 0.6 is 0 Å². The van der Waals surface area contributed by atoms with Crippen molar-refractivity contribution < 1.29 is 5.11 Å². The van der Waals surface area contributed by atoms with Crippen LogP contribution in [0.4, 0.5) is 0 Å². The van der Waals surface area contributed by atoms with Gasteiger partial charge in [-0.25, -0.2) is 0 Å². The number of allylic oxidation sites excluding steroid dienone is 1. The predicted octanol–water partition coefficient (Wildman–Crippen LogP) is 3.53. The van der Waals surface area contributed by atoms with Gasteiger partial charge in [0.05, 0.1) is 6.10 Å². The molecule has 13 heavy (non-hydrogen) atoms. The fourth-order valence-electron chi connectivity index (χ4n) is 1.35. The van der Waals surface area contributed by atoms with E-state index in [0.29, 0.717) is 5.92 Å². The molecule has 0 aromatic rings. The van der Waals surface area contributed by atoms with Gasteiger partial charge in [0.1, 0.15) is 0 Å². The Labute approximate surface area is 82.9 Å². The third-order valence-electron chi connectivity index (χ3n) is 2.64. The molecular weight excluding hydrogens is 160 g/mol. The number of unbranched alkanes of at least 4 members (excludes halogenated alkanes) is 4. The number of hydrogen-bond donors (Lipinski definition) is 1. The third kappa shape index (κ3) is 8.04. The normalized spacial score (nSPS) is 15.3. The fraction of sp³-hybridized carbons (Fsp3) is 0.833. The van der Waals surface area contributed by atoms with Crippen molar-refractivity contribution in [1.82, 2.24) is 0 Å². The Balaban J connectivity index is 3.11. The molecule has 0 fully saturated rings. The summed E-state index contributed by atoms with van der Waals surface area (Å²) in [6.07, 6.45) is 9.27. The molecule has 0 aromatic carbocycles. The molecule has 1 heteroatoms. The van der Waals surface area contributed by atoms with Gasteiger partial charge in [0, 0.05) is 0 Å². The highest BCUT2D eigenvalue weighted by molar-refractivity contribution is 4.65. The van der Waals surface area contributed by atoms with E-state index < -0.39 is 0 Å². The number of aliphatic hydroxyl groups is 1. The van der Waals surface area contributed by atoms with Gasteiger partial charge in [0.25, 0.3) is 0 Å². The maximum atomic E-state index is 9.25. The van der Waals surface area contributed by atoms with E-state index in [0.717, 1.165) is 12.8 Å². The van der Waals surface area contributed by atoms with Crippen molar-refractivity contribution in [2.45, 2.75) is 58.5 Å². The molecule has 0 amide bonds. The maximum absolute atomic E-state index is 9.25. The van der Waals surface area contributed by atoms with E-state index in [1.807, 2.05) is 13.0 Å². The number of hydrogen-bond acceptors (Lipinski definition) is 1. The van der Waals surface area contributed by atoms with Gasteiger partial charge in [0.15, 0.2) is 0 Å². The van der Waals surface area contributed by atoms with Gasteiger partial charge in [-0.1, -0.05) is 32.3 Å². The van der Waals surface area contributed by atoms with Gasteiger partial charge < -0.3 is 5.11 Å². The highest BCUT2D eigenvalue weighted by atomic mass is 16.3. The average molecular weight is 184 g/mol. The van der Waals surface area contributed by atoms with E-state index in [1.54, 1.807) is 0 Å². The van der Waals surface area contributed by atoms with Gasteiger partial charge in [-0.2, -0.15) is 0 Å². The first-order valence-electron chi connectivity index (χ1n) is 5.47. The molecule has 0 saturated heterocycles. The first kappa shape index (κ1) is 12.7. The van der Waals surface area contributed by atoms with E-state index in [1.165, 1.54) is 25.7 Å². The van der Waals surface area contributed by atoms with Crippen LogP contribution in [0.5, 0.6) is 0 Å². The molecule has 0 bridgehead atoms. The maximum Gasteiger partial charge on any atom is 0.0537 e. The van der Waals surface area contributed by atoms with Crippen molar-refractivity contribution in [1.29, 1.82) is 0 Å². The Morgan fingerprint density at radius 2 is 1.77 bits per heavy atom. The second kappa shape index (κ2) is 8.31. The average Bonchev–Trinajstić information content (AvgIpc) is 2.10. The standard InChI is InChI=1S/C12H24O/c1-4-5-6-7-8-9-10-11(2)12(3)13/h4,11-13H,1,5-10H2,2-3H3. The molecule has 2 unspecified atom stereocenters. The van der Waals surface area contributed by atoms with Gasteiger partial charge in [-0.05, 0) is 32.1 Å². The van der Waals surface area contributed by atoms with E-state index in [2.05, 4.69) is 13.5 Å². The zero-order valence-corrected chi connectivity index (χ0v) is 9.13. The summed E-state index contributed by atoms with van der Waals surface area (Å²) in [5.74, 6) is 0.458. The Morgan fingerprint density at radius 1 is 1.15 bits per heavy atom. The molecule has 0 rings (SSSR count). The van der Waals surface area contributed by atoms with Crippen LogP contribution in [0.1, 0.15) is 52.4 Å². The quantitative estimate of drug-likeness (QED) is 0.452. The van der Waals surface area contributed by atoms with Gasteiger partial charge in [-0.3, -0.25) is 0 Å². The zero-order valence-electron chi connectivity index (χ0n) is 9.13. The van der Waals surface area contributed by atoms with Crippen molar-refractivity contribution in [3.63, 3.8) is 0 Å².